The normalized spacial score (nSPS) is 17.0. The van der Waals surface area contributed by atoms with Crippen LogP contribution in [0.3, 0.4) is 0 Å². The van der Waals surface area contributed by atoms with Crippen molar-refractivity contribution in [3.05, 3.63) is 70.9 Å². The van der Waals surface area contributed by atoms with E-state index in [1.807, 2.05) is 31.2 Å². The Kier molecular flexibility index (Phi) is 3.95. The molecule has 0 saturated heterocycles. The second kappa shape index (κ2) is 6.25. The Bertz CT molecular complexity index is 894. The largest absolute Gasteiger partial charge is 0.358 e. The van der Waals surface area contributed by atoms with Crippen LogP contribution >= 0.6 is 0 Å². The van der Waals surface area contributed by atoms with Crippen molar-refractivity contribution in [2.75, 3.05) is 6.54 Å². The van der Waals surface area contributed by atoms with E-state index < -0.39 is 0 Å². The standard InChI is InChI=1S/C21H22N2O/c1-14-21(17-10-4-5-11-19(17)23-14)20(24)13-22-18-12-6-8-15-7-2-3-9-16(15)18/h2-5,7,9-11,18,22-23H,6,8,12-13H2,1H3/t18-/m1/s1. The van der Waals surface area contributed by atoms with E-state index >= 15 is 0 Å². The van der Waals surface area contributed by atoms with Gasteiger partial charge in [0.05, 0.1) is 6.54 Å². The van der Waals surface area contributed by atoms with Crippen LogP contribution < -0.4 is 5.32 Å². The maximum atomic E-state index is 12.8. The number of aromatic nitrogens is 1. The molecule has 0 fully saturated rings. The molecule has 0 unspecified atom stereocenters. The Balaban J connectivity index is 1.54. The van der Waals surface area contributed by atoms with Crippen LogP contribution in [0.2, 0.25) is 0 Å². The third kappa shape index (κ3) is 2.65. The summed E-state index contributed by atoms with van der Waals surface area (Å²) in [5.41, 5.74) is 5.57. The van der Waals surface area contributed by atoms with Crippen LogP contribution in [0, 0.1) is 6.92 Å². The molecule has 0 spiro atoms. The Morgan fingerprint density at radius 2 is 1.96 bits per heavy atom. The van der Waals surface area contributed by atoms with Crippen LogP contribution in [0.4, 0.5) is 0 Å². The van der Waals surface area contributed by atoms with Crippen LogP contribution in [0.1, 0.15) is 46.1 Å². The highest BCUT2D eigenvalue weighted by molar-refractivity contribution is 6.10. The minimum Gasteiger partial charge on any atom is -0.358 e. The van der Waals surface area contributed by atoms with Crippen molar-refractivity contribution in [1.29, 1.82) is 0 Å². The number of aryl methyl sites for hydroxylation is 2. The van der Waals surface area contributed by atoms with Crippen molar-refractivity contribution in [2.45, 2.75) is 32.2 Å². The van der Waals surface area contributed by atoms with Gasteiger partial charge in [0.25, 0.3) is 0 Å². The minimum absolute atomic E-state index is 0.160. The van der Waals surface area contributed by atoms with Crippen LogP contribution in [0.25, 0.3) is 10.9 Å². The topological polar surface area (TPSA) is 44.9 Å². The number of carbonyl (C=O) groups is 1. The van der Waals surface area contributed by atoms with E-state index in [1.165, 1.54) is 17.5 Å². The summed E-state index contributed by atoms with van der Waals surface area (Å²) in [7, 11) is 0. The highest BCUT2D eigenvalue weighted by Crippen LogP contribution is 2.29. The summed E-state index contributed by atoms with van der Waals surface area (Å²) >= 11 is 0. The maximum absolute atomic E-state index is 12.8. The van der Waals surface area contributed by atoms with Crippen molar-refractivity contribution in [2.24, 2.45) is 0 Å². The number of para-hydroxylation sites is 1. The van der Waals surface area contributed by atoms with E-state index in [0.717, 1.165) is 35.0 Å². The molecule has 2 N–H and O–H groups in total. The zero-order valence-corrected chi connectivity index (χ0v) is 13.9. The number of rotatable bonds is 4. The summed E-state index contributed by atoms with van der Waals surface area (Å²) < 4.78 is 0. The first-order valence-electron chi connectivity index (χ1n) is 8.66. The van der Waals surface area contributed by atoms with Crippen LogP contribution in [-0.4, -0.2) is 17.3 Å². The summed E-state index contributed by atoms with van der Waals surface area (Å²) in [6.45, 7) is 2.35. The number of Topliss-reactive ketones (excluding diaryl/α,β-unsaturated/α-hetero) is 1. The Labute approximate surface area is 142 Å². The Morgan fingerprint density at radius 1 is 1.17 bits per heavy atom. The predicted octanol–water partition coefficient (Wildman–Crippen LogP) is 4.33. The molecule has 0 amide bonds. The van der Waals surface area contributed by atoms with Gasteiger partial charge in [-0.15, -0.1) is 0 Å². The minimum atomic E-state index is 0.160. The molecule has 1 aromatic heterocycles. The molecule has 3 nitrogen and oxygen atoms in total. The number of ketones is 1. The fourth-order valence-corrected chi connectivity index (χ4v) is 3.91. The number of nitrogens with one attached hydrogen (secondary N) is 2. The van der Waals surface area contributed by atoms with Crippen LogP contribution in [0.5, 0.6) is 0 Å². The zero-order valence-electron chi connectivity index (χ0n) is 13.9. The summed E-state index contributed by atoms with van der Waals surface area (Å²) in [6, 6.07) is 16.9. The molecule has 0 aliphatic heterocycles. The van der Waals surface area contributed by atoms with Gasteiger partial charge in [0.1, 0.15) is 0 Å². The van der Waals surface area contributed by atoms with Gasteiger partial charge in [-0.25, -0.2) is 0 Å². The average molecular weight is 318 g/mol. The lowest BCUT2D eigenvalue weighted by Crippen LogP contribution is -2.30. The van der Waals surface area contributed by atoms with Crippen molar-refractivity contribution in [3.63, 3.8) is 0 Å². The molecule has 4 rings (SSSR count). The summed E-state index contributed by atoms with van der Waals surface area (Å²) in [6.07, 6.45) is 3.41. The van der Waals surface area contributed by atoms with E-state index in [2.05, 4.69) is 34.6 Å². The second-order valence-electron chi connectivity index (χ2n) is 6.62. The number of carbonyl (C=O) groups excluding carboxylic acids is 1. The Morgan fingerprint density at radius 3 is 2.88 bits per heavy atom. The molecule has 1 heterocycles. The van der Waals surface area contributed by atoms with Crippen molar-refractivity contribution in [3.8, 4) is 0 Å². The van der Waals surface area contributed by atoms with Gasteiger partial charge in [0.2, 0.25) is 0 Å². The molecule has 2 aromatic carbocycles. The summed E-state index contributed by atoms with van der Waals surface area (Å²) in [4.78, 5) is 16.1. The highest BCUT2D eigenvalue weighted by atomic mass is 16.1. The third-order valence-corrected chi connectivity index (χ3v) is 5.05. The van der Waals surface area contributed by atoms with E-state index in [4.69, 9.17) is 0 Å². The molecule has 122 valence electrons. The van der Waals surface area contributed by atoms with Crippen molar-refractivity contribution < 1.29 is 4.79 Å². The number of benzene rings is 2. The number of aromatic amines is 1. The molecule has 3 aromatic rings. The lowest BCUT2D eigenvalue weighted by molar-refractivity contribution is 0.0987. The molecule has 0 bridgehead atoms. The van der Waals surface area contributed by atoms with Crippen molar-refractivity contribution >= 4 is 16.7 Å². The van der Waals surface area contributed by atoms with Crippen LogP contribution in [-0.2, 0) is 6.42 Å². The molecule has 1 aliphatic carbocycles. The zero-order chi connectivity index (χ0) is 16.5. The molecule has 0 radical (unpaired) electrons. The van der Waals surface area contributed by atoms with Gasteiger partial charge in [-0.05, 0) is 43.4 Å². The smallest absolute Gasteiger partial charge is 0.179 e. The number of hydrogen-bond acceptors (Lipinski definition) is 2. The molecule has 24 heavy (non-hydrogen) atoms. The van der Waals surface area contributed by atoms with Gasteiger partial charge in [0.15, 0.2) is 5.78 Å². The van der Waals surface area contributed by atoms with Crippen molar-refractivity contribution in [1.82, 2.24) is 10.3 Å². The summed E-state index contributed by atoms with van der Waals surface area (Å²) in [5.74, 6) is 0.160. The first-order valence-corrected chi connectivity index (χ1v) is 8.66. The monoisotopic (exact) mass is 318 g/mol. The first kappa shape index (κ1) is 15.2. The fraction of sp³-hybridized carbons (Fsp3) is 0.286. The fourth-order valence-electron chi connectivity index (χ4n) is 3.91. The molecule has 3 heteroatoms. The van der Waals surface area contributed by atoms with Gasteiger partial charge in [-0.3, -0.25) is 4.79 Å². The SMILES string of the molecule is Cc1[nH]c2ccccc2c1C(=O)CN[C@@H]1CCCc2ccccc21. The molecule has 0 saturated carbocycles. The molecule has 1 aliphatic rings. The van der Waals surface area contributed by atoms with Gasteiger partial charge in [-0.2, -0.15) is 0 Å². The number of hydrogen-bond donors (Lipinski definition) is 2. The average Bonchev–Trinajstić information content (AvgIpc) is 2.95. The van der Waals surface area contributed by atoms with E-state index in [1.54, 1.807) is 0 Å². The van der Waals surface area contributed by atoms with E-state index in [-0.39, 0.29) is 11.8 Å². The summed E-state index contributed by atoms with van der Waals surface area (Å²) in [5, 5.41) is 4.51. The highest BCUT2D eigenvalue weighted by Gasteiger charge is 2.21. The molecular weight excluding hydrogens is 296 g/mol. The van der Waals surface area contributed by atoms with Gasteiger partial charge < -0.3 is 10.3 Å². The lowest BCUT2D eigenvalue weighted by Gasteiger charge is -2.26. The first-order chi connectivity index (χ1) is 11.7. The van der Waals surface area contributed by atoms with E-state index in [0.29, 0.717) is 6.54 Å². The number of H-pyrrole nitrogens is 1. The van der Waals surface area contributed by atoms with Gasteiger partial charge in [-0.1, -0.05) is 42.5 Å². The number of fused-ring (bicyclic) bond motifs is 2. The van der Waals surface area contributed by atoms with Crippen LogP contribution in [0.15, 0.2) is 48.5 Å². The second-order valence-corrected chi connectivity index (χ2v) is 6.62. The van der Waals surface area contributed by atoms with E-state index in [9.17, 15) is 4.79 Å². The maximum Gasteiger partial charge on any atom is 0.179 e. The lowest BCUT2D eigenvalue weighted by atomic mass is 9.87. The van der Waals surface area contributed by atoms with Gasteiger partial charge >= 0.3 is 0 Å². The third-order valence-electron chi connectivity index (χ3n) is 5.05. The molecule has 1 atom stereocenters. The molecular formula is C21H22N2O. The predicted molar refractivity (Wildman–Crippen MR) is 97.5 cm³/mol. The quantitative estimate of drug-likeness (QED) is 0.703. The van der Waals surface area contributed by atoms with Gasteiger partial charge in [0, 0.05) is 28.2 Å². The Hall–Kier alpha value is -2.39.